The van der Waals surface area contributed by atoms with E-state index in [-0.39, 0.29) is 30.5 Å². The molecular weight excluding hydrogens is 330 g/mol. The average molecular weight is 346 g/mol. The van der Waals surface area contributed by atoms with Crippen LogP contribution in [0, 0.1) is 12.8 Å². The Morgan fingerprint density at radius 3 is 2.73 bits per heavy atom. The zero-order valence-electron chi connectivity index (χ0n) is 12.2. The standard InChI is InChI=1S/C14H16ClNO5S/c1-9-3-4-11(6-12(9)14(18)21-2)16-7-10(5-13(16)17)8-22(15,19)20/h3-4,6,10H,5,7-8H2,1-2H3. The van der Waals surface area contributed by atoms with Gasteiger partial charge in [0, 0.05) is 35.3 Å². The van der Waals surface area contributed by atoms with Gasteiger partial charge in [-0.05, 0) is 24.6 Å². The maximum absolute atomic E-state index is 12.1. The molecule has 0 radical (unpaired) electrons. The highest BCUT2D eigenvalue weighted by Crippen LogP contribution is 2.28. The third-order valence-corrected chi connectivity index (χ3v) is 4.83. The fourth-order valence-electron chi connectivity index (χ4n) is 2.53. The summed E-state index contributed by atoms with van der Waals surface area (Å²) in [6.45, 7) is 2.03. The summed E-state index contributed by atoms with van der Waals surface area (Å²) < 4.78 is 27.0. The van der Waals surface area contributed by atoms with Gasteiger partial charge < -0.3 is 9.64 Å². The van der Waals surface area contributed by atoms with Gasteiger partial charge in [-0.2, -0.15) is 0 Å². The van der Waals surface area contributed by atoms with Gasteiger partial charge in [0.15, 0.2) is 0 Å². The maximum Gasteiger partial charge on any atom is 0.338 e. The Kier molecular flexibility index (Phi) is 4.77. The summed E-state index contributed by atoms with van der Waals surface area (Å²) >= 11 is 0. The molecule has 6 nitrogen and oxygen atoms in total. The van der Waals surface area contributed by atoms with Crippen LogP contribution in [0.15, 0.2) is 18.2 Å². The summed E-state index contributed by atoms with van der Waals surface area (Å²) in [5, 5.41) is 0. The molecule has 1 heterocycles. The molecule has 1 unspecified atom stereocenters. The summed E-state index contributed by atoms with van der Waals surface area (Å²) in [6, 6.07) is 5.02. The molecule has 1 aromatic carbocycles. The largest absolute Gasteiger partial charge is 0.465 e. The second-order valence-electron chi connectivity index (χ2n) is 5.27. The zero-order valence-corrected chi connectivity index (χ0v) is 13.8. The van der Waals surface area contributed by atoms with Crippen molar-refractivity contribution in [3.8, 4) is 0 Å². The average Bonchev–Trinajstić information content (AvgIpc) is 2.77. The van der Waals surface area contributed by atoms with Crippen LogP contribution in [0.1, 0.15) is 22.3 Å². The molecule has 0 spiro atoms. The normalized spacial score (nSPS) is 18.6. The van der Waals surface area contributed by atoms with E-state index < -0.39 is 15.0 Å². The summed E-state index contributed by atoms with van der Waals surface area (Å²) in [4.78, 5) is 25.3. The molecule has 1 aliphatic heterocycles. The molecule has 8 heteroatoms. The first-order valence-corrected chi connectivity index (χ1v) is 9.11. The Hall–Kier alpha value is -1.60. The van der Waals surface area contributed by atoms with E-state index in [9.17, 15) is 18.0 Å². The number of aryl methyl sites for hydroxylation is 1. The molecule has 0 bridgehead atoms. The van der Waals surface area contributed by atoms with Gasteiger partial charge in [0.05, 0.1) is 18.4 Å². The lowest BCUT2D eigenvalue weighted by Crippen LogP contribution is -2.25. The number of hydrogen-bond donors (Lipinski definition) is 0. The molecule has 1 atom stereocenters. The Morgan fingerprint density at radius 1 is 1.45 bits per heavy atom. The highest BCUT2D eigenvalue weighted by molar-refractivity contribution is 8.13. The van der Waals surface area contributed by atoms with Crippen LogP contribution in [0.25, 0.3) is 0 Å². The lowest BCUT2D eigenvalue weighted by Gasteiger charge is -2.18. The van der Waals surface area contributed by atoms with Crippen molar-refractivity contribution < 1.29 is 22.7 Å². The molecule has 120 valence electrons. The molecule has 1 amide bonds. The predicted octanol–water partition coefficient (Wildman–Crippen LogP) is 1.70. The van der Waals surface area contributed by atoms with Gasteiger partial charge >= 0.3 is 5.97 Å². The second-order valence-corrected chi connectivity index (χ2v) is 8.09. The van der Waals surface area contributed by atoms with E-state index in [0.717, 1.165) is 5.56 Å². The fraction of sp³-hybridized carbons (Fsp3) is 0.429. The number of anilines is 1. The molecule has 22 heavy (non-hydrogen) atoms. The minimum Gasteiger partial charge on any atom is -0.465 e. The molecule has 1 fully saturated rings. The zero-order chi connectivity index (χ0) is 16.5. The smallest absolute Gasteiger partial charge is 0.338 e. The third-order valence-electron chi connectivity index (χ3n) is 3.58. The number of nitrogens with zero attached hydrogens (tertiary/aromatic N) is 1. The summed E-state index contributed by atoms with van der Waals surface area (Å²) in [5.74, 6) is -1.26. The van der Waals surface area contributed by atoms with E-state index >= 15 is 0 Å². The molecule has 0 N–H and O–H groups in total. The summed E-state index contributed by atoms with van der Waals surface area (Å²) in [5.41, 5.74) is 1.66. The number of carbonyl (C=O) groups is 2. The van der Waals surface area contributed by atoms with E-state index in [2.05, 4.69) is 0 Å². The van der Waals surface area contributed by atoms with E-state index in [1.165, 1.54) is 12.0 Å². The molecular formula is C14H16ClNO5S. The van der Waals surface area contributed by atoms with Crippen molar-refractivity contribution in [1.29, 1.82) is 0 Å². The number of ether oxygens (including phenoxy) is 1. The minimum atomic E-state index is -3.65. The molecule has 0 aromatic heterocycles. The van der Waals surface area contributed by atoms with Crippen LogP contribution in [0.3, 0.4) is 0 Å². The summed E-state index contributed by atoms with van der Waals surface area (Å²) in [7, 11) is 2.88. The molecule has 0 aliphatic carbocycles. The minimum absolute atomic E-state index is 0.118. The van der Waals surface area contributed by atoms with Crippen molar-refractivity contribution in [3.63, 3.8) is 0 Å². The summed E-state index contributed by atoms with van der Waals surface area (Å²) in [6.07, 6.45) is 0.118. The van der Waals surface area contributed by atoms with Crippen molar-refractivity contribution >= 4 is 37.3 Å². The van der Waals surface area contributed by atoms with Crippen molar-refractivity contribution in [2.75, 3.05) is 24.3 Å². The Balaban J connectivity index is 2.25. The lowest BCUT2D eigenvalue weighted by molar-refractivity contribution is -0.117. The second kappa shape index (κ2) is 6.26. The van der Waals surface area contributed by atoms with Crippen molar-refractivity contribution in [2.24, 2.45) is 5.92 Å². The maximum atomic E-state index is 12.1. The van der Waals surface area contributed by atoms with Crippen LogP contribution in [0.4, 0.5) is 5.69 Å². The van der Waals surface area contributed by atoms with Gasteiger partial charge in [0.2, 0.25) is 15.0 Å². The van der Waals surface area contributed by atoms with Crippen LogP contribution in [0.2, 0.25) is 0 Å². The lowest BCUT2D eigenvalue weighted by atomic mass is 10.1. The van der Waals surface area contributed by atoms with Gasteiger partial charge in [0.25, 0.3) is 0 Å². The van der Waals surface area contributed by atoms with Crippen molar-refractivity contribution in [2.45, 2.75) is 13.3 Å². The first kappa shape index (κ1) is 16.8. The van der Waals surface area contributed by atoms with Gasteiger partial charge in [-0.25, -0.2) is 13.2 Å². The fourth-order valence-corrected chi connectivity index (χ4v) is 3.85. The van der Waals surface area contributed by atoms with Crippen LogP contribution in [0.5, 0.6) is 0 Å². The topological polar surface area (TPSA) is 80.8 Å². The van der Waals surface area contributed by atoms with Crippen molar-refractivity contribution in [3.05, 3.63) is 29.3 Å². The highest BCUT2D eigenvalue weighted by Gasteiger charge is 2.33. The highest BCUT2D eigenvalue weighted by atomic mass is 35.7. The Bertz CT molecular complexity index is 716. The van der Waals surface area contributed by atoms with Gasteiger partial charge in [-0.3, -0.25) is 4.79 Å². The first-order valence-electron chi connectivity index (χ1n) is 6.63. The number of rotatable bonds is 4. The quantitative estimate of drug-likeness (QED) is 0.613. The number of halogens is 1. The molecule has 1 saturated heterocycles. The Labute approximate surface area is 133 Å². The monoisotopic (exact) mass is 345 g/mol. The van der Waals surface area contributed by atoms with E-state index in [0.29, 0.717) is 11.3 Å². The molecule has 2 rings (SSSR count). The molecule has 1 aromatic rings. The van der Waals surface area contributed by atoms with Gasteiger partial charge in [-0.1, -0.05) is 6.07 Å². The number of benzene rings is 1. The number of carbonyl (C=O) groups excluding carboxylic acids is 2. The van der Waals surface area contributed by atoms with Gasteiger partial charge in [0.1, 0.15) is 0 Å². The van der Waals surface area contributed by atoms with Crippen LogP contribution >= 0.6 is 10.7 Å². The Morgan fingerprint density at radius 2 is 2.14 bits per heavy atom. The molecule has 1 aliphatic rings. The number of hydrogen-bond acceptors (Lipinski definition) is 5. The SMILES string of the molecule is COC(=O)c1cc(N2CC(CS(=O)(=O)Cl)CC2=O)ccc1C. The van der Waals surface area contributed by atoms with Crippen LogP contribution in [-0.2, 0) is 18.6 Å². The number of esters is 1. The number of amides is 1. The van der Waals surface area contributed by atoms with Crippen molar-refractivity contribution in [1.82, 2.24) is 0 Å². The first-order chi connectivity index (χ1) is 10.2. The molecule has 0 saturated carbocycles. The van der Waals surface area contributed by atoms with Gasteiger partial charge in [-0.15, -0.1) is 0 Å². The third kappa shape index (κ3) is 3.78. The van der Waals surface area contributed by atoms with E-state index in [4.69, 9.17) is 15.4 Å². The van der Waals surface area contributed by atoms with Crippen LogP contribution < -0.4 is 4.90 Å². The van der Waals surface area contributed by atoms with E-state index in [1.807, 2.05) is 0 Å². The number of methoxy groups -OCH3 is 1. The predicted molar refractivity (Wildman–Crippen MR) is 82.6 cm³/mol. The van der Waals surface area contributed by atoms with Crippen LogP contribution in [-0.4, -0.2) is 39.7 Å². The van der Waals surface area contributed by atoms with E-state index in [1.54, 1.807) is 25.1 Å².